The quantitative estimate of drug-likeness (QED) is 0.848. The van der Waals surface area contributed by atoms with Gasteiger partial charge in [-0.1, -0.05) is 20.8 Å². The molecular weight excluding hydrogens is 238 g/mol. The van der Waals surface area contributed by atoms with E-state index in [1.165, 1.54) is 12.8 Å². The van der Waals surface area contributed by atoms with Crippen LogP contribution in [0, 0.1) is 5.92 Å². The summed E-state index contributed by atoms with van der Waals surface area (Å²) in [5.74, 6) is 2.75. The van der Waals surface area contributed by atoms with E-state index in [4.69, 9.17) is 5.10 Å². The minimum atomic E-state index is -0.0555. The number of rotatable bonds is 3. The van der Waals surface area contributed by atoms with Crippen LogP contribution in [0.2, 0.25) is 0 Å². The standard InChI is InChI=1S/C14H21N5/c1-14(2,3)13-16-15-11-7-8-12(17-19(11)13)18(4)9-10-5-6-10/h7-8,10H,5-6,9H2,1-4H3. The van der Waals surface area contributed by atoms with Gasteiger partial charge in [0.2, 0.25) is 0 Å². The molecule has 0 aliphatic heterocycles. The van der Waals surface area contributed by atoms with Gasteiger partial charge in [-0.3, -0.25) is 0 Å². The molecule has 19 heavy (non-hydrogen) atoms. The van der Waals surface area contributed by atoms with E-state index in [1.54, 1.807) is 0 Å². The van der Waals surface area contributed by atoms with E-state index in [-0.39, 0.29) is 5.41 Å². The first-order chi connectivity index (χ1) is 8.95. The summed E-state index contributed by atoms with van der Waals surface area (Å²) >= 11 is 0. The Kier molecular flexibility index (Phi) is 2.73. The Morgan fingerprint density at radius 3 is 2.63 bits per heavy atom. The number of hydrogen-bond acceptors (Lipinski definition) is 4. The third kappa shape index (κ3) is 2.41. The molecule has 0 aromatic carbocycles. The van der Waals surface area contributed by atoms with Crippen molar-refractivity contribution in [3.05, 3.63) is 18.0 Å². The number of anilines is 1. The van der Waals surface area contributed by atoms with Crippen molar-refractivity contribution in [2.45, 2.75) is 39.0 Å². The fourth-order valence-corrected chi connectivity index (χ4v) is 2.23. The maximum Gasteiger partial charge on any atom is 0.178 e. The molecule has 1 aliphatic rings. The maximum absolute atomic E-state index is 4.70. The van der Waals surface area contributed by atoms with Gasteiger partial charge in [0.25, 0.3) is 0 Å². The number of aromatic nitrogens is 4. The van der Waals surface area contributed by atoms with Crippen molar-refractivity contribution in [3.63, 3.8) is 0 Å². The predicted molar refractivity (Wildman–Crippen MR) is 75.5 cm³/mol. The van der Waals surface area contributed by atoms with Crippen molar-refractivity contribution in [1.82, 2.24) is 19.8 Å². The van der Waals surface area contributed by atoms with Gasteiger partial charge >= 0.3 is 0 Å². The smallest absolute Gasteiger partial charge is 0.178 e. The lowest BCUT2D eigenvalue weighted by atomic mass is 9.96. The molecule has 0 N–H and O–H groups in total. The van der Waals surface area contributed by atoms with Crippen LogP contribution in [0.15, 0.2) is 12.1 Å². The molecule has 0 radical (unpaired) electrons. The lowest BCUT2D eigenvalue weighted by Gasteiger charge is -2.19. The second-order valence-electron chi connectivity index (χ2n) is 6.56. The molecule has 1 aliphatic carbocycles. The molecule has 0 spiro atoms. The summed E-state index contributed by atoms with van der Waals surface area (Å²) in [5, 5.41) is 13.2. The van der Waals surface area contributed by atoms with Crippen LogP contribution in [0.25, 0.3) is 5.65 Å². The minimum absolute atomic E-state index is 0.0555. The Labute approximate surface area is 113 Å². The van der Waals surface area contributed by atoms with Crippen molar-refractivity contribution >= 4 is 11.5 Å². The van der Waals surface area contributed by atoms with Crippen LogP contribution < -0.4 is 4.90 Å². The Morgan fingerprint density at radius 1 is 1.26 bits per heavy atom. The van der Waals surface area contributed by atoms with E-state index in [0.29, 0.717) is 0 Å². The summed E-state index contributed by atoms with van der Waals surface area (Å²) in [6.45, 7) is 7.48. The van der Waals surface area contributed by atoms with E-state index < -0.39 is 0 Å². The summed E-state index contributed by atoms with van der Waals surface area (Å²) in [4.78, 5) is 2.23. The van der Waals surface area contributed by atoms with Crippen molar-refractivity contribution in [1.29, 1.82) is 0 Å². The topological polar surface area (TPSA) is 46.3 Å². The summed E-state index contributed by atoms with van der Waals surface area (Å²) in [6.07, 6.45) is 2.71. The highest BCUT2D eigenvalue weighted by molar-refractivity contribution is 5.45. The van der Waals surface area contributed by atoms with Crippen molar-refractivity contribution < 1.29 is 0 Å². The second kappa shape index (κ2) is 4.18. The van der Waals surface area contributed by atoms with Crippen molar-refractivity contribution in [2.24, 2.45) is 5.92 Å². The number of hydrogen-bond donors (Lipinski definition) is 0. The molecule has 0 atom stereocenters. The van der Waals surface area contributed by atoms with Gasteiger partial charge in [0, 0.05) is 19.0 Å². The van der Waals surface area contributed by atoms with Gasteiger partial charge in [0.1, 0.15) is 5.82 Å². The van der Waals surface area contributed by atoms with E-state index in [0.717, 1.165) is 29.8 Å². The SMILES string of the molecule is CN(CC1CC1)c1ccc2nnc(C(C)(C)C)n2n1. The highest BCUT2D eigenvalue weighted by Crippen LogP contribution is 2.30. The highest BCUT2D eigenvalue weighted by atomic mass is 15.4. The molecule has 0 amide bonds. The number of nitrogens with zero attached hydrogens (tertiary/aromatic N) is 5. The van der Waals surface area contributed by atoms with Crippen LogP contribution >= 0.6 is 0 Å². The largest absolute Gasteiger partial charge is 0.358 e. The van der Waals surface area contributed by atoms with Gasteiger partial charge in [0.05, 0.1) is 0 Å². The van der Waals surface area contributed by atoms with Gasteiger partial charge in [-0.25, -0.2) is 0 Å². The van der Waals surface area contributed by atoms with Crippen molar-refractivity contribution in [2.75, 3.05) is 18.5 Å². The first kappa shape index (κ1) is 12.4. The third-order valence-corrected chi connectivity index (χ3v) is 3.54. The average Bonchev–Trinajstić information content (AvgIpc) is 3.04. The Bertz CT molecular complexity index is 591. The minimum Gasteiger partial charge on any atom is -0.358 e. The van der Waals surface area contributed by atoms with E-state index in [2.05, 4.69) is 42.9 Å². The van der Waals surface area contributed by atoms with Crippen LogP contribution in [0.5, 0.6) is 0 Å². The monoisotopic (exact) mass is 259 g/mol. The van der Waals surface area contributed by atoms with Crippen LogP contribution in [-0.4, -0.2) is 33.4 Å². The van der Waals surface area contributed by atoms with Crippen LogP contribution in [0.4, 0.5) is 5.82 Å². The third-order valence-electron chi connectivity index (χ3n) is 3.54. The van der Waals surface area contributed by atoms with E-state index >= 15 is 0 Å². The molecule has 2 aromatic rings. The van der Waals surface area contributed by atoms with Gasteiger partial charge < -0.3 is 4.90 Å². The van der Waals surface area contributed by atoms with E-state index in [9.17, 15) is 0 Å². The molecule has 2 aromatic heterocycles. The van der Waals surface area contributed by atoms with Gasteiger partial charge in [0.15, 0.2) is 11.5 Å². The molecule has 5 heteroatoms. The van der Waals surface area contributed by atoms with Gasteiger partial charge in [-0.15, -0.1) is 15.3 Å². The van der Waals surface area contributed by atoms with Crippen LogP contribution in [-0.2, 0) is 5.41 Å². The lowest BCUT2D eigenvalue weighted by Crippen LogP contribution is -2.23. The first-order valence-electron chi connectivity index (χ1n) is 6.89. The molecule has 3 rings (SSSR count). The van der Waals surface area contributed by atoms with Gasteiger partial charge in [-0.05, 0) is 30.9 Å². The molecule has 5 nitrogen and oxygen atoms in total. The molecule has 1 fully saturated rings. The zero-order valence-corrected chi connectivity index (χ0v) is 12.1. The average molecular weight is 259 g/mol. The molecular formula is C14H21N5. The number of fused-ring (bicyclic) bond motifs is 1. The fraction of sp³-hybridized carbons (Fsp3) is 0.643. The van der Waals surface area contributed by atoms with E-state index in [1.807, 2.05) is 16.6 Å². The van der Waals surface area contributed by atoms with Crippen LogP contribution in [0.1, 0.15) is 39.4 Å². The fourth-order valence-electron chi connectivity index (χ4n) is 2.23. The summed E-state index contributed by atoms with van der Waals surface area (Å²) in [5.41, 5.74) is 0.758. The summed E-state index contributed by atoms with van der Waals surface area (Å²) in [6, 6.07) is 4.02. The lowest BCUT2D eigenvalue weighted by molar-refractivity contribution is 0.526. The first-order valence-corrected chi connectivity index (χ1v) is 6.89. The summed E-state index contributed by atoms with van der Waals surface area (Å²) in [7, 11) is 2.10. The predicted octanol–water partition coefficient (Wildman–Crippen LogP) is 2.27. The molecule has 0 unspecified atom stereocenters. The molecule has 102 valence electrons. The summed E-state index contributed by atoms with van der Waals surface area (Å²) < 4.78 is 1.87. The molecule has 1 saturated carbocycles. The van der Waals surface area contributed by atoms with Gasteiger partial charge in [-0.2, -0.15) is 4.52 Å². The molecule has 2 heterocycles. The Hall–Kier alpha value is -1.65. The molecule has 0 bridgehead atoms. The zero-order chi connectivity index (χ0) is 13.6. The molecule has 0 saturated heterocycles. The normalized spacial score (nSPS) is 16.0. The highest BCUT2D eigenvalue weighted by Gasteiger charge is 2.25. The Balaban J connectivity index is 1.98. The van der Waals surface area contributed by atoms with Crippen molar-refractivity contribution in [3.8, 4) is 0 Å². The Morgan fingerprint density at radius 2 is 2.00 bits per heavy atom. The zero-order valence-electron chi connectivity index (χ0n) is 12.1. The maximum atomic E-state index is 4.70. The van der Waals surface area contributed by atoms with Crippen LogP contribution in [0.3, 0.4) is 0 Å². The second-order valence-corrected chi connectivity index (χ2v) is 6.56.